The number of piperidine rings is 2. The van der Waals surface area contributed by atoms with Crippen molar-refractivity contribution in [1.29, 1.82) is 0 Å². The molecule has 8 nitrogen and oxygen atoms in total. The van der Waals surface area contributed by atoms with Gasteiger partial charge < -0.3 is 14.7 Å². The predicted octanol–water partition coefficient (Wildman–Crippen LogP) is 7.64. The number of imide groups is 1. The molecule has 0 spiro atoms. The molecule has 3 aliphatic heterocycles. The molecule has 2 saturated heterocycles. The Morgan fingerprint density at radius 1 is 0.887 bits per heavy atom. The highest BCUT2D eigenvalue weighted by Gasteiger charge is 2.39. The average Bonchev–Trinajstić information content (AvgIpc) is 3.50. The molecule has 53 heavy (non-hydrogen) atoms. The second-order valence-corrected chi connectivity index (χ2v) is 14.6. The summed E-state index contributed by atoms with van der Waals surface area (Å²) in [6.45, 7) is 6.33. The fraction of sp³-hybridized carbons (Fsp3) is 0.356. The number of carbonyl (C=O) groups is 3. The number of likely N-dealkylation sites (tertiary alicyclic amines) is 1. The van der Waals surface area contributed by atoms with Crippen LogP contribution in [0.25, 0.3) is 11.1 Å². The summed E-state index contributed by atoms with van der Waals surface area (Å²) in [4.78, 5) is 41.2. The maximum atomic E-state index is 13.1. The molecule has 4 aromatic rings. The van der Waals surface area contributed by atoms with Gasteiger partial charge in [-0.2, -0.15) is 0 Å². The maximum Gasteiger partial charge on any atom is 0.255 e. The highest BCUT2D eigenvalue weighted by molar-refractivity contribution is 6.05. The minimum atomic E-state index is -0.580. The number of allylic oxidation sites excluding steroid dienone is 1. The number of ether oxygens (including phenoxy) is 1. The van der Waals surface area contributed by atoms with E-state index >= 15 is 0 Å². The van der Waals surface area contributed by atoms with E-state index in [1.54, 1.807) is 17.0 Å². The summed E-state index contributed by atoms with van der Waals surface area (Å²) in [5.41, 5.74) is 8.67. The topological polar surface area (TPSA) is 99.2 Å². The van der Waals surface area contributed by atoms with E-state index < -0.39 is 6.04 Å². The number of hydrogen-bond donors (Lipinski definition) is 2. The van der Waals surface area contributed by atoms with Gasteiger partial charge in [-0.05, 0) is 127 Å². The second-order valence-electron chi connectivity index (χ2n) is 14.6. The number of aryl methyl sites for hydroxylation is 1. The summed E-state index contributed by atoms with van der Waals surface area (Å²) in [5.74, 6) is 1.02. The minimum absolute atomic E-state index is 0.120. The molecule has 2 fully saturated rings. The van der Waals surface area contributed by atoms with E-state index in [1.165, 1.54) is 29.5 Å². The van der Waals surface area contributed by atoms with Crippen LogP contribution in [0.15, 0.2) is 97.1 Å². The summed E-state index contributed by atoms with van der Waals surface area (Å²) < 4.78 is 6.26. The monoisotopic (exact) mass is 711 g/mol. The molecule has 8 heteroatoms. The number of nitrogens with one attached hydrogen (secondary N) is 1. The van der Waals surface area contributed by atoms with Crippen LogP contribution in [0.4, 0.5) is 0 Å². The Balaban J connectivity index is 0.894. The van der Waals surface area contributed by atoms with Gasteiger partial charge in [0, 0.05) is 31.6 Å². The fourth-order valence-electron chi connectivity index (χ4n) is 8.29. The number of benzene rings is 4. The number of nitrogens with zero attached hydrogens (tertiary/aromatic N) is 2. The molecule has 2 N–H and O–H groups in total. The summed E-state index contributed by atoms with van der Waals surface area (Å²) in [6.07, 6.45) is 7.18. The fourth-order valence-corrected chi connectivity index (χ4v) is 8.29. The van der Waals surface area contributed by atoms with E-state index in [0.29, 0.717) is 31.1 Å². The number of phenols is 1. The number of phenolic OH excluding ortho intramolecular Hbond substituents is 1. The summed E-state index contributed by atoms with van der Waals surface area (Å²) in [5, 5.41) is 12.3. The van der Waals surface area contributed by atoms with Gasteiger partial charge >= 0.3 is 0 Å². The number of hydrogen-bond acceptors (Lipinski definition) is 6. The molecule has 3 aliphatic rings. The Hall–Kier alpha value is -5.21. The van der Waals surface area contributed by atoms with Gasteiger partial charge in [0.15, 0.2) is 0 Å². The van der Waals surface area contributed by atoms with Crippen LogP contribution in [0.5, 0.6) is 11.5 Å². The molecule has 2 unspecified atom stereocenters. The van der Waals surface area contributed by atoms with Gasteiger partial charge in [0.2, 0.25) is 11.8 Å². The molecule has 2 atom stereocenters. The van der Waals surface area contributed by atoms with Gasteiger partial charge in [0.1, 0.15) is 24.1 Å². The molecule has 0 bridgehead atoms. The molecule has 3 amide bonds. The van der Waals surface area contributed by atoms with Crippen LogP contribution in [0.2, 0.25) is 0 Å². The first kappa shape index (κ1) is 36.2. The van der Waals surface area contributed by atoms with Crippen molar-refractivity contribution in [2.24, 2.45) is 5.92 Å². The number of carbonyl (C=O) groups excluding carboxylic acids is 3. The van der Waals surface area contributed by atoms with Gasteiger partial charge in [0.05, 0.1) is 0 Å². The normalized spacial score (nSPS) is 19.5. The third kappa shape index (κ3) is 8.55. The van der Waals surface area contributed by atoms with Crippen LogP contribution in [-0.4, -0.2) is 64.9 Å². The summed E-state index contributed by atoms with van der Waals surface area (Å²) >= 11 is 0. The Labute approximate surface area is 312 Å². The average molecular weight is 712 g/mol. The number of rotatable bonds is 13. The highest BCUT2D eigenvalue weighted by atomic mass is 16.5. The molecule has 7 rings (SSSR count). The van der Waals surface area contributed by atoms with Crippen molar-refractivity contribution < 1.29 is 24.2 Å². The minimum Gasteiger partial charge on any atom is -0.508 e. The van der Waals surface area contributed by atoms with Crippen molar-refractivity contribution in [3.63, 3.8) is 0 Å². The van der Waals surface area contributed by atoms with Crippen molar-refractivity contribution in [2.45, 2.75) is 70.9 Å². The SMILES string of the molecule is CC/C(=C(\c1ccc(O)cc1)c1ccc(OCCN2CCCC(CCCc3ccc4c(c3)CN(C3CCC(=O)NC3=O)C4=O)C2)cc1)c1ccccc1. The lowest BCUT2D eigenvalue weighted by molar-refractivity contribution is -0.136. The largest absolute Gasteiger partial charge is 0.508 e. The van der Waals surface area contributed by atoms with Gasteiger partial charge in [0.25, 0.3) is 5.91 Å². The first-order chi connectivity index (χ1) is 25.9. The highest BCUT2D eigenvalue weighted by Crippen LogP contribution is 2.36. The molecule has 0 radical (unpaired) electrons. The van der Waals surface area contributed by atoms with Crippen LogP contribution in [-0.2, 0) is 22.6 Å². The zero-order valence-electron chi connectivity index (χ0n) is 30.6. The first-order valence-electron chi connectivity index (χ1n) is 19.2. The van der Waals surface area contributed by atoms with E-state index in [4.69, 9.17) is 4.74 Å². The lowest BCUT2D eigenvalue weighted by atomic mass is 9.88. The van der Waals surface area contributed by atoms with Gasteiger partial charge in [-0.3, -0.25) is 24.6 Å². The van der Waals surface area contributed by atoms with Gasteiger partial charge in [-0.1, -0.05) is 73.7 Å². The van der Waals surface area contributed by atoms with Crippen LogP contribution in [0.1, 0.15) is 90.0 Å². The van der Waals surface area contributed by atoms with Crippen LogP contribution < -0.4 is 10.1 Å². The van der Waals surface area contributed by atoms with E-state index in [2.05, 4.69) is 77.8 Å². The Morgan fingerprint density at radius 2 is 1.64 bits per heavy atom. The Morgan fingerprint density at radius 3 is 2.38 bits per heavy atom. The van der Waals surface area contributed by atoms with Crippen molar-refractivity contribution in [3.05, 3.63) is 130 Å². The van der Waals surface area contributed by atoms with Crippen LogP contribution >= 0.6 is 0 Å². The Kier molecular flexibility index (Phi) is 11.4. The maximum absolute atomic E-state index is 13.1. The second kappa shape index (κ2) is 16.6. The van der Waals surface area contributed by atoms with Crippen LogP contribution in [0.3, 0.4) is 0 Å². The first-order valence-corrected chi connectivity index (χ1v) is 19.2. The van der Waals surface area contributed by atoms with E-state index in [1.807, 2.05) is 24.3 Å². The quantitative estimate of drug-likeness (QED) is 0.109. The van der Waals surface area contributed by atoms with E-state index in [0.717, 1.165) is 73.3 Å². The van der Waals surface area contributed by atoms with Gasteiger partial charge in [-0.25, -0.2) is 0 Å². The number of amides is 3. The van der Waals surface area contributed by atoms with Crippen molar-refractivity contribution in [2.75, 3.05) is 26.2 Å². The number of fused-ring (bicyclic) bond motifs is 1. The summed E-state index contributed by atoms with van der Waals surface area (Å²) in [6, 6.07) is 31.9. The van der Waals surface area contributed by atoms with E-state index in [9.17, 15) is 19.5 Å². The molecule has 4 aromatic carbocycles. The van der Waals surface area contributed by atoms with E-state index in [-0.39, 0.29) is 29.9 Å². The zero-order valence-corrected chi connectivity index (χ0v) is 30.6. The third-order valence-corrected chi connectivity index (χ3v) is 11.0. The smallest absolute Gasteiger partial charge is 0.255 e. The van der Waals surface area contributed by atoms with Crippen LogP contribution in [0, 0.1) is 5.92 Å². The van der Waals surface area contributed by atoms with Crippen molar-refractivity contribution in [1.82, 2.24) is 15.1 Å². The molecule has 3 heterocycles. The zero-order chi connectivity index (χ0) is 36.7. The molecular weight excluding hydrogens is 663 g/mol. The van der Waals surface area contributed by atoms with Crippen molar-refractivity contribution >= 4 is 28.9 Å². The standard InChI is InChI=1S/C45H49N3O5/c1-2-39(33-11-4-3-5-12-33)43(34-14-18-37(49)19-15-34)35-16-20-38(21-17-35)53-27-26-47-25-7-10-32(29-47)9-6-8-31-13-22-40-36(28-31)30-48(45(40)52)41-23-24-42(50)46-44(41)51/h3-5,11-22,28,32,41,49H,2,6-10,23-27,29-30H2,1H3,(H,46,50,51)/b43-39-. The molecule has 0 aliphatic carbocycles. The molecule has 0 saturated carbocycles. The van der Waals surface area contributed by atoms with Gasteiger partial charge in [-0.15, -0.1) is 0 Å². The Bertz CT molecular complexity index is 1950. The van der Waals surface area contributed by atoms with Crippen molar-refractivity contribution in [3.8, 4) is 11.5 Å². The third-order valence-electron chi connectivity index (χ3n) is 11.0. The lowest BCUT2D eigenvalue weighted by Crippen LogP contribution is -2.52. The predicted molar refractivity (Wildman–Crippen MR) is 207 cm³/mol. The molecule has 0 aromatic heterocycles. The molecular formula is C45H49N3O5. The molecule has 274 valence electrons. The number of aromatic hydroxyl groups is 1. The lowest BCUT2D eigenvalue weighted by Gasteiger charge is -2.32. The summed E-state index contributed by atoms with van der Waals surface area (Å²) in [7, 11) is 0.